The second kappa shape index (κ2) is 6.83. The topological polar surface area (TPSA) is 65.6 Å². The molecule has 0 saturated heterocycles. The van der Waals surface area contributed by atoms with Crippen LogP contribution in [0.2, 0.25) is 0 Å². The molecule has 2 heterocycles. The Hall–Kier alpha value is -3.21. The van der Waals surface area contributed by atoms with E-state index in [-0.39, 0.29) is 5.56 Å². The van der Waals surface area contributed by atoms with E-state index in [1.807, 2.05) is 24.3 Å². The molecule has 2 N–H and O–H groups in total. The maximum absolute atomic E-state index is 11.0. The van der Waals surface area contributed by atoms with E-state index >= 15 is 0 Å². The Balaban J connectivity index is 1.63. The van der Waals surface area contributed by atoms with Crippen LogP contribution in [0.3, 0.4) is 0 Å². The van der Waals surface area contributed by atoms with Gasteiger partial charge in [-0.05, 0) is 55.8 Å². The number of aromatic amines is 1. The summed E-state index contributed by atoms with van der Waals surface area (Å²) in [4.78, 5) is 16.8. The fourth-order valence-electron chi connectivity index (χ4n) is 3.47. The van der Waals surface area contributed by atoms with Gasteiger partial charge in [0.1, 0.15) is 12.4 Å². The van der Waals surface area contributed by atoms with Crippen molar-refractivity contribution in [2.45, 2.75) is 19.9 Å². The number of benzene rings is 2. The SMILES string of the molecule is CC(C)N1CCOc2cc(-c3ccc(-c4ccc(C(=O)O)cc4)[nH]3)ccc21. The van der Waals surface area contributed by atoms with E-state index in [0.29, 0.717) is 12.6 Å². The van der Waals surface area contributed by atoms with E-state index in [1.165, 1.54) is 0 Å². The Morgan fingerprint density at radius 1 is 1.04 bits per heavy atom. The molecule has 0 aliphatic carbocycles. The van der Waals surface area contributed by atoms with Gasteiger partial charge in [-0.15, -0.1) is 0 Å². The molecule has 0 atom stereocenters. The van der Waals surface area contributed by atoms with Gasteiger partial charge in [0.05, 0.1) is 17.8 Å². The Morgan fingerprint density at radius 2 is 1.70 bits per heavy atom. The van der Waals surface area contributed by atoms with Crippen molar-refractivity contribution in [3.63, 3.8) is 0 Å². The summed E-state index contributed by atoms with van der Waals surface area (Å²) >= 11 is 0. The highest BCUT2D eigenvalue weighted by Crippen LogP contribution is 2.36. The predicted molar refractivity (Wildman–Crippen MR) is 107 cm³/mol. The third-order valence-electron chi connectivity index (χ3n) is 4.92. The molecule has 1 aliphatic rings. The summed E-state index contributed by atoms with van der Waals surface area (Å²) in [6.07, 6.45) is 0. The molecule has 5 nitrogen and oxygen atoms in total. The number of carbonyl (C=O) groups is 1. The van der Waals surface area contributed by atoms with Crippen LogP contribution < -0.4 is 9.64 Å². The van der Waals surface area contributed by atoms with E-state index < -0.39 is 5.97 Å². The first-order valence-corrected chi connectivity index (χ1v) is 9.09. The van der Waals surface area contributed by atoms with E-state index in [1.54, 1.807) is 12.1 Å². The number of aromatic carboxylic acids is 1. The fourth-order valence-corrected chi connectivity index (χ4v) is 3.47. The smallest absolute Gasteiger partial charge is 0.335 e. The molecular weight excluding hydrogens is 340 g/mol. The Labute approximate surface area is 158 Å². The average molecular weight is 362 g/mol. The third kappa shape index (κ3) is 3.28. The molecule has 5 heteroatoms. The molecule has 1 aliphatic heterocycles. The number of carboxylic acids is 1. The lowest BCUT2D eigenvalue weighted by Gasteiger charge is -2.34. The molecule has 0 fully saturated rings. The van der Waals surface area contributed by atoms with Crippen molar-refractivity contribution < 1.29 is 14.6 Å². The first-order valence-electron chi connectivity index (χ1n) is 9.09. The number of rotatable bonds is 4. The van der Waals surface area contributed by atoms with Crippen LogP contribution in [0, 0.1) is 0 Å². The third-order valence-corrected chi connectivity index (χ3v) is 4.92. The summed E-state index contributed by atoms with van der Waals surface area (Å²) in [6, 6.07) is 17.6. The quantitative estimate of drug-likeness (QED) is 0.709. The van der Waals surface area contributed by atoms with Crippen LogP contribution in [0.25, 0.3) is 22.5 Å². The number of aromatic nitrogens is 1. The first kappa shape index (κ1) is 17.2. The molecule has 0 unspecified atom stereocenters. The van der Waals surface area contributed by atoms with Gasteiger partial charge in [-0.2, -0.15) is 0 Å². The number of hydrogen-bond acceptors (Lipinski definition) is 3. The molecule has 0 saturated carbocycles. The highest BCUT2D eigenvalue weighted by Gasteiger charge is 2.21. The zero-order chi connectivity index (χ0) is 19.0. The fraction of sp³-hybridized carbons (Fsp3) is 0.227. The highest BCUT2D eigenvalue weighted by molar-refractivity contribution is 5.88. The predicted octanol–water partition coefficient (Wildman–Crippen LogP) is 4.65. The molecule has 0 radical (unpaired) electrons. The van der Waals surface area contributed by atoms with Crippen molar-refractivity contribution >= 4 is 11.7 Å². The van der Waals surface area contributed by atoms with E-state index in [0.717, 1.165) is 40.5 Å². The number of hydrogen-bond donors (Lipinski definition) is 2. The Bertz CT molecular complexity index is 973. The molecule has 1 aromatic heterocycles. The van der Waals surface area contributed by atoms with Gasteiger partial charge in [-0.3, -0.25) is 0 Å². The Morgan fingerprint density at radius 3 is 2.37 bits per heavy atom. The second-order valence-electron chi connectivity index (χ2n) is 6.99. The number of carboxylic acid groups (broad SMARTS) is 1. The van der Waals surface area contributed by atoms with Gasteiger partial charge in [0.25, 0.3) is 0 Å². The monoisotopic (exact) mass is 362 g/mol. The molecule has 0 spiro atoms. The van der Waals surface area contributed by atoms with Gasteiger partial charge in [0.2, 0.25) is 0 Å². The van der Waals surface area contributed by atoms with Crippen molar-refractivity contribution in [1.82, 2.24) is 4.98 Å². The van der Waals surface area contributed by atoms with Crippen LogP contribution in [-0.4, -0.2) is 35.3 Å². The van der Waals surface area contributed by atoms with Gasteiger partial charge in [0.15, 0.2) is 0 Å². The van der Waals surface area contributed by atoms with Gasteiger partial charge in [0, 0.05) is 23.0 Å². The zero-order valence-corrected chi connectivity index (χ0v) is 15.4. The van der Waals surface area contributed by atoms with Crippen LogP contribution in [0.1, 0.15) is 24.2 Å². The van der Waals surface area contributed by atoms with Gasteiger partial charge >= 0.3 is 5.97 Å². The van der Waals surface area contributed by atoms with E-state index in [9.17, 15) is 4.79 Å². The zero-order valence-electron chi connectivity index (χ0n) is 15.4. The van der Waals surface area contributed by atoms with Gasteiger partial charge in [-0.1, -0.05) is 18.2 Å². The van der Waals surface area contributed by atoms with Crippen molar-refractivity contribution in [2.75, 3.05) is 18.1 Å². The average Bonchev–Trinajstić information content (AvgIpc) is 3.17. The number of ether oxygens (including phenoxy) is 1. The number of nitrogens with zero attached hydrogens (tertiary/aromatic N) is 1. The number of fused-ring (bicyclic) bond motifs is 1. The normalized spacial score (nSPS) is 13.4. The molecular formula is C22H22N2O3. The molecule has 2 aromatic carbocycles. The minimum Gasteiger partial charge on any atom is -0.490 e. The molecule has 0 amide bonds. The van der Waals surface area contributed by atoms with Crippen LogP contribution in [0.5, 0.6) is 5.75 Å². The van der Waals surface area contributed by atoms with E-state index in [4.69, 9.17) is 9.84 Å². The molecule has 0 bridgehead atoms. The van der Waals surface area contributed by atoms with E-state index in [2.05, 4.69) is 41.9 Å². The summed E-state index contributed by atoms with van der Waals surface area (Å²) in [6.45, 7) is 5.98. The van der Waals surface area contributed by atoms with Gasteiger partial charge in [-0.25, -0.2) is 4.79 Å². The van der Waals surface area contributed by atoms with Crippen LogP contribution >= 0.6 is 0 Å². The Kier molecular flexibility index (Phi) is 4.36. The largest absolute Gasteiger partial charge is 0.490 e. The van der Waals surface area contributed by atoms with Crippen molar-refractivity contribution in [1.29, 1.82) is 0 Å². The van der Waals surface area contributed by atoms with Gasteiger partial charge < -0.3 is 19.7 Å². The summed E-state index contributed by atoms with van der Waals surface area (Å²) in [5.41, 5.74) is 5.38. The van der Waals surface area contributed by atoms with Crippen molar-refractivity contribution in [3.8, 4) is 28.3 Å². The minimum absolute atomic E-state index is 0.284. The standard InChI is InChI=1S/C22H22N2O3/c1-14(2)24-11-12-27-21-13-17(7-10-20(21)24)19-9-8-18(23-19)15-3-5-16(6-4-15)22(25)26/h3-10,13-14,23H,11-12H2,1-2H3,(H,25,26). The lowest BCUT2D eigenvalue weighted by Crippen LogP contribution is -2.37. The first-order chi connectivity index (χ1) is 13.0. The summed E-state index contributed by atoms with van der Waals surface area (Å²) < 4.78 is 5.88. The molecule has 27 heavy (non-hydrogen) atoms. The number of nitrogens with one attached hydrogen (secondary N) is 1. The van der Waals surface area contributed by atoms with Crippen LogP contribution in [-0.2, 0) is 0 Å². The second-order valence-corrected chi connectivity index (χ2v) is 6.99. The van der Waals surface area contributed by atoms with Crippen LogP contribution in [0.4, 0.5) is 5.69 Å². The van der Waals surface area contributed by atoms with Crippen molar-refractivity contribution in [3.05, 3.63) is 60.2 Å². The number of H-pyrrole nitrogens is 1. The molecule has 4 rings (SSSR count). The maximum atomic E-state index is 11.0. The summed E-state index contributed by atoms with van der Waals surface area (Å²) in [7, 11) is 0. The maximum Gasteiger partial charge on any atom is 0.335 e. The molecule has 3 aromatic rings. The van der Waals surface area contributed by atoms with Crippen LogP contribution in [0.15, 0.2) is 54.6 Å². The lowest BCUT2D eigenvalue weighted by molar-refractivity contribution is 0.0697. The summed E-state index contributed by atoms with van der Waals surface area (Å²) in [5.74, 6) is -0.00682. The minimum atomic E-state index is -0.918. The summed E-state index contributed by atoms with van der Waals surface area (Å²) in [5, 5.41) is 9.03. The molecule has 138 valence electrons. The highest BCUT2D eigenvalue weighted by atomic mass is 16.5. The number of anilines is 1. The lowest BCUT2D eigenvalue weighted by atomic mass is 10.1. The van der Waals surface area contributed by atoms with Crippen molar-refractivity contribution in [2.24, 2.45) is 0 Å².